The van der Waals surface area contributed by atoms with Crippen molar-refractivity contribution in [2.45, 2.75) is 39.5 Å². The van der Waals surface area contributed by atoms with Gasteiger partial charge in [-0.1, -0.05) is 32.9 Å². The van der Waals surface area contributed by atoms with E-state index in [1.807, 2.05) is 17.0 Å². The molecule has 9 heteroatoms. The molecule has 1 aromatic carbocycles. The Morgan fingerprint density at radius 2 is 1.79 bits per heavy atom. The van der Waals surface area contributed by atoms with Crippen molar-refractivity contribution in [2.75, 3.05) is 51.8 Å². The van der Waals surface area contributed by atoms with Crippen LogP contribution in [-0.4, -0.2) is 73.2 Å². The van der Waals surface area contributed by atoms with E-state index in [4.69, 9.17) is 14.5 Å². The van der Waals surface area contributed by atoms with Crippen LogP contribution in [0, 0.1) is 0 Å². The molecule has 0 unspecified atom stereocenters. The predicted octanol–water partition coefficient (Wildman–Crippen LogP) is 3.75. The van der Waals surface area contributed by atoms with Gasteiger partial charge in [0.1, 0.15) is 5.75 Å². The van der Waals surface area contributed by atoms with E-state index < -0.39 is 0 Å². The highest BCUT2D eigenvalue weighted by Crippen LogP contribution is 2.34. The first kappa shape index (κ1) is 25.0. The molecule has 1 fully saturated rings. The Balaban J connectivity index is 1.61. The van der Waals surface area contributed by atoms with Crippen LogP contribution in [0.4, 0.5) is 9.93 Å². The molecular weight excluding hydrogens is 440 g/mol. The first-order valence-corrected chi connectivity index (χ1v) is 12.1. The van der Waals surface area contributed by atoms with Crippen LogP contribution in [-0.2, 0) is 21.4 Å². The number of nitrogens with one attached hydrogen (secondary N) is 1. The molecular formula is C24H34N4O4S. The monoisotopic (exact) mass is 474 g/mol. The third-order valence-corrected chi connectivity index (χ3v) is 6.41. The highest BCUT2D eigenvalue weighted by Gasteiger charge is 2.26. The molecule has 33 heavy (non-hydrogen) atoms. The van der Waals surface area contributed by atoms with E-state index in [1.165, 1.54) is 16.9 Å². The van der Waals surface area contributed by atoms with Crippen molar-refractivity contribution in [3.05, 3.63) is 40.4 Å². The van der Waals surface area contributed by atoms with Gasteiger partial charge in [-0.3, -0.25) is 9.69 Å². The van der Waals surface area contributed by atoms with Crippen LogP contribution in [0.25, 0.3) is 0 Å². The number of anilines is 1. The Labute approximate surface area is 199 Å². The highest BCUT2D eigenvalue weighted by molar-refractivity contribution is 7.15. The fourth-order valence-electron chi connectivity index (χ4n) is 3.70. The second-order valence-corrected chi connectivity index (χ2v) is 10.2. The normalized spacial score (nSPS) is 14.8. The molecule has 180 valence electrons. The van der Waals surface area contributed by atoms with Crippen molar-refractivity contribution in [1.82, 2.24) is 14.8 Å². The van der Waals surface area contributed by atoms with Crippen molar-refractivity contribution < 1.29 is 19.1 Å². The molecule has 0 atom stereocenters. The maximum absolute atomic E-state index is 12.7. The number of thiazole rings is 1. The van der Waals surface area contributed by atoms with E-state index in [0.29, 0.717) is 37.9 Å². The number of benzene rings is 1. The zero-order valence-corrected chi connectivity index (χ0v) is 21.0. The Morgan fingerprint density at radius 1 is 1.12 bits per heavy atom. The lowest BCUT2D eigenvalue weighted by molar-refractivity contribution is -0.117. The molecule has 0 aliphatic carbocycles. The number of hydrogen-bond acceptors (Lipinski definition) is 7. The van der Waals surface area contributed by atoms with Gasteiger partial charge in [0, 0.05) is 42.9 Å². The summed E-state index contributed by atoms with van der Waals surface area (Å²) in [6.45, 7) is 11.2. The SMILES string of the molecule is CCOC(=O)N1CCN(CC(=O)Nc2nc(C(C)(C)C)c(Cc3ccc(OC)cc3)s2)CC1. The molecule has 1 N–H and O–H groups in total. The van der Waals surface area contributed by atoms with Gasteiger partial charge in [-0.05, 0) is 24.6 Å². The molecule has 2 heterocycles. The zero-order valence-electron chi connectivity index (χ0n) is 20.1. The lowest BCUT2D eigenvalue weighted by atomic mass is 9.90. The minimum absolute atomic E-state index is 0.0928. The topological polar surface area (TPSA) is 84.0 Å². The molecule has 0 bridgehead atoms. The number of nitrogens with zero attached hydrogens (tertiary/aromatic N) is 3. The van der Waals surface area contributed by atoms with E-state index in [2.05, 4.69) is 38.2 Å². The first-order valence-electron chi connectivity index (χ1n) is 11.3. The second-order valence-electron chi connectivity index (χ2n) is 9.08. The van der Waals surface area contributed by atoms with Crippen molar-refractivity contribution >= 4 is 28.5 Å². The van der Waals surface area contributed by atoms with Gasteiger partial charge in [0.15, 0.2) is 5.13 Å². The maximum atomic E-state index is 12.7. The van der Waals surface area contributed by atoms with Crippen LogP contribution < -0.4 is 10.1 Å². The largest absolute Gasteiger partial charge is 0.497 e. The summed E-state index contributed by atoms with van der Waals surface area (Å²) in [5, 5.41) is 3.61. The average Bonchev–Trinajstić information content (AvgIpc) is 3.17. The maximum Gasteiger partial charge on any atom is 0.409 e. The molecule has 1 aliphatic rings. The Bertz CT molecular complexity index is 944. The summed E-state index contributed by atoms with van der Waals surface area (Å²) in [6, 6.07) is 8.02. The van der Waals surface area contributed by atoms with Crippen molar-refractivity contribution in [3.8, 4) is 5.75 Å². The van der Waals surface area contributed by atoms with E-state index in [0.717, 1.165) is 22.7 Å². The number of hydrogen-bond donors (Lipinski definition) is 1. The minimum Gasteiger partial charge on any atom is -0.497 e. The van der Waals surface area contributed by atoms with Crippen LogP contribution in [0.1, 0.15) is 43.8 Å². The van der Waals surface area contributed by atoms with Gasteiger partial charge in [-0.2, -0.15) is 0 Å². The molecule has 2 aromatic rings. The van der Waals surface area contributed by atoms with Gasteiger partial charge in [-0.15, -0.1) is 11.3 Å². The molecule has 1 aliphatic heterocycles. The molecule has 2 amide bonds. The summed E-state index contributed by atoms with van der Waals surface area (Å²) in [4.78, 5) is 34.2. The average molecular weight is 475 g/mol. The summed E-state index contributed by atoms with van der Waals surface area (Å²) in [6.07, 6.45) is 0.462. The number of methoxy groups -OCH3 is 1. The second kappa shape index (κ2) is 11.0. The van der Waals surface area contributed by atoms with E-state index >= 15 is 0 Å². The molecule has 1 aromatic heterocycles. The standard InChI is InChI=1S/C24H34N4O4S/c1-6-32-23(30)28-13-11-27(12-14-28)16-20(29)25-22-26-21(24(2,3)4)19(33-22)15-17-7-9-18(31-5)10-8-17/h7-10H,6,11-16H2,1-5H3,(H,25,26,29). The number of carbonyl (C=O) groups is 2. The fourth-order valence-corrected chi connectivity index (χ4v) is 4.93. The van der Waals surface area contributed by atoms with E-state index in [9.17, 15) is 9.59 Å². The third-order valence-electron chi connectivity index (χ3n) is 5.44. The summed E-state index contributed by atoms with van der Waals surface area (Å²) >= 11 is 1.53. The van der Waals surface area contributed by atoms with Crippen molar-refractivity contribution in [3.63, 3.8) is 0 Å². The number of carbonyl (C=O) groups excluding carboxylic acids is 2. The fraction of sp³-hybridized carbons (Fsp3) is 0.542. The first-order chi connectivity index (χ1) is 15.7. The smallest absolute Gasteiger partial charge is 0.409 e. The number of rotatable bonds is 7. The Kier molecular flexibility index (Phi) is 8.31. The lowest BCUT2D eigenvalue weighted by Gasteiger charge is -2.33. The van der Waals surface area contributed by atoms with Gasteiger partial charge in [0.05, 0.1) is 26.0 Å². The van der Waals surface area contributed by atoms with Crippen LogP contribution in [0.2, 0.25) is 0 Å². The van der Waals surface area contributed by atoms with Gasteiger partial charge in [0.2, 0.25) is 5.91 Å². The summed E-state index contributed by atoms with van der Waals surface area (Å²) in [5.74, 6) is 0.736. The summed E-state index contributed by atoms with van der Waals surface area (Å²) in [5.41, 5.74) is 2.04. The van der Waals surface area contributed by atoms with E-state index in [1.54, 1.807) is 18.9 Å². The minimum atomic E-state index is -0.288. The highest BCUT2D eigenvalue weighted by atomic mass is 32.1. The summed E-state index contributed by atoms with van der Waals surface area (Å²) in [7, 11) is 1.66. The van der Waals surface area contributed by atoms with Gasteiger partial charge in [0.25, 0.3) is 0 Å². The summed E-state index contributed by atoms with van der Waals surface area (Å²) < 4.78 is 10.3. The quantitative estimate of drug-likeness (QED) is 0.658. The number of aromatic nitrogens is 1. The van der Waals surface area contributed by atoms with Crippen LogP contribution in [0.3, 0.4) is 0 Å². The third kappa shape index (κ3) is 6.91. The number of piperazine rings is 1. The van der Waals surface area contributed by atoms with Crippen LogP contribution >= 0.6 is 11.3 Å². The molecule has 0 radical (unpaired) electrons. The van der Waals surface area contributed by atoms with Crippen LogP contribution in [0.15, 0.2) is 24.3 Å². The van der Waals surface area contributed by atoms with Gasteiger partial charge >= 0.3 is 6.09 Å². The Morgan fingerprint density at radius 3 is 2.36 bits per heavy atom. The van der Waals surface area contributed by atoms with Crippen molar-refractivity contribution in [2.24, 2.45) is 0 Å². The molecule has 3 rings (SSSR count). The Hall–Kier alpha value is -2.65. The lowest BCUT2D eigenvalue weighted by Crippen LogP contribution is -2.50. The molecule has 0 saturated carbocycles. The molecule has 1 saturated heterocycles. The molecule has 8 nitrogen and oxygen atoms in total. The predicted molar refractivity (Wildman–Crippen MR) is 130 cm³/mol. The molecule has 0 spiro atoms. The van der Waals surface area contributed by atoms with Gasteiger partial charge in [-0.25, -0.2) is 9.78 Å². The number of ether oxygens (including phenoxy) is 2. The van der Waals surface area contributed by atoms with Gasteiger partial charge < -0.3 is 19.7 Å². The van der Waals surface area contributed by atoms with Crippen LogP contribution in [0.5, 0.6) is 5.75 Å². The van der Waals surface area contributed by atoms with E-state index in [-0.39, 0.29) is 24.0 Å². The number of amides is 2. The van der Waals surface area contributed by atoms with Crippen molar-refractivity contribution in [1.29, 1.82) is 0 Å². The zero-order chi connectivity index (χ0) is 24.0.